The van der Waals surface area contributed by atoms with Gasteiger partial charge in [0, 0.05) is 20.6 Å². The summed E-state index contributed by atoms with van der Waals surface area (Å²) in [5, 5.41) is 6.22. The number of ether oxygens (including phenoxy) is 1. The minimum atomic E-state index is -0.0345. The van der Waals surface area contributed by atoms with E-state index >= 15 is 0 Å². The lowest BCUT2D eigenvalue weighted by Gasteiger charge is -2.13. The number of hydrogen-bond acceptors (Lipinski definition) is 3. The fourth-order valence-electron chi connectivity index (χ4n) is 1.48. The van der Waals surface area contributed by atoms with Crippen LogP contribution in [0.25, 0.3) is 0 Å². The van der Waals surface area contributed by atoms with Crippen molar-refractivity contribution in [3.8, 4) is 5.75 Å². The number of hydrogen-bond donors (Lipinski definition) is 2. The molecule has 124 valence electrons. The van der Waals surface area contributed by atoms with E-state index in [1.54, 1.807) is 14.1 Å². The summed E-state index contributed by atoms with van der Waals surface area (Å²) in [4.78, 5) is 17.3. The molecule has 0 saturated heterocycles. The maximum absolute atomic E-state index is 11.5. The Morgan fingerprint density at radius 1 is 1.23 bits per heavy atom. The Morgan fingerprint density at radius 2 is 1.91 bits per heavy atom. The average Bonchev–Trinajstić information content (AvgIpc) is 2.49. The van der Waals surface area contributed by atoms with Crippen LogP contribution in [0.2, 0.25) is 0 Å². The molecule has 0 aromatic heterocycles. The molecular formula is C15H25IN4O2. The number of halogens is 1. The van der Waals surface area contributed by atoms with Crippen LogP contribution in [-0.4, -0.2) is 57.1 Å². The fraction of sp³-hybridized carbons (Fsp3) is 0.467. The summed E-state index contributed by atoms with van der Waals surface area (Å²) in [5.41, 5.74) is 0. The van der Waals surface area contributed by atoms with Crippen LogP contribution in [0, 0.1) is 0 Å². The molecule has 0 heterocycles. The van der Waals surface area contributed by atoms with Gasteiger partial charge < -0.3 is 20.3 Å². The van der Waals surface area contributed by atoms with Gasteiger partial charge in [0.15, 0.2) is 5.96 Å². The highest BCUT2D eigenvalue weighted by molar-refractivity contribution is 14.0. The SMILES string of the molecule is CCNC(=NCC(=O)N(C)C)NCCOc1ccccc1.I. The van der Waals surface area contributed by atoms with E-state index in [0.29, 0.717) is 19.1 Å². The number of carbonyl (C=O) groups is 1. The van der Waals surface area contributed by atoms with Gasteiger partial charge in [0.1, 0.15) is 18.9 Å². The molecule has 1 aromatic carbocycles. The Kier molecular flexibility index (Phi) is 11.2. The van der Waals surface area contributed by atoms with Gasteiger partial charge in [-0.3, -0.25) is 4.79 Å². The number of para-hydroxylation sites is 1. The van der Waals surface area contributed by atoms with Crippen LogP contribution >= 0.6 is 24.0 Å². The number of amides is 1. The maximum atomic E-state index is 11.5. The van der Waals surface area contributed by atoms with Crippen LogP contribution in [0.15, 0.2) is 35.3 Å². The van der Waals surface area contributed by atoms with E-state index < -0.39 is 0 Å². The third-order valence-corrected chi connectivity index (χ3v) is 2.62. The van der Waals surface area contributed by atoms with Gasteiger partial charge in [-0.1, -0.05) is 18.2 Å². The number of likely N-dealkylation sites (N-methyl/N-ethyl adjacent to an activating group) is 1. The number of nitrogens with zero attached hydrogens (tertiary/aromatic N) is 2. The largest absolute Gasteiger partial charge is 0.492 e. The number of benzene rings is 1. The number of nitrogens with one attached hydrogen (secondary N) is 2. The summed E-state index contributed by atoms with van der Waals surface area (Å²) in [6, 6.07) is 9.63. The van der Waals surface area contributed by atoms with Crippen LogP contribution in [0.5, 0.6) is 5.75 Å². The number of carbonyl (C=O) groups excluding carboxylic acids is 1. The zero-order chi connectivity index (χ0) is 15.5. The van der Waals surface area contributed by atoms with Gasteiger partial charge in [0.2, 0.25) is 5.91 Å². The molecule has 0 saturated carbocycles. The summed E-state index contributed by atoms with van der Waals surface area (Å²) in [6.07, 6.45) is 0. The highest BCUT2D eigenvalue weighted by atomic mass is 127. The third kappa shape index (κ3) is 8.71. The number of guanidine groups is 1. The molecule has 0 bridgehead atoms. The lowest BCUT2D eigenvalue weighted by molar-refractivity contribution is -0.127. The molecule has 0 radical (unpaired) electrons. The highest BCUT2D eigenvalue weighted by Crippen LogP contribution is 2.07. The Labute approximate surface area is 149 Å². The first kappa shape index (κ1) is 20.5. The summed E-state index contributed by atoms with van der Waals surface area (Å²) >= 11 is 0. The zero-order valence-corrected chi connectivity index (χ0v) is 15.7. The second-order valence-corrected chi connectivity index (χ2v) is 4.57. The molecule has 0 aliphatic carbocycles. The van der Waals surface area contributed by atoms with E-state index in [2.05, 4.69) is 15.6 Å². The number of aliphatic imine (C=N–C) groups is 1. The number of rotatable bonds is 7. The van der Waals surface area contributed by atoms with E-state index in [4.69, 9.17) is 4.74 Å². The summed E-state index contributed by atoms with van der Waals surface area (Å²) in [7, 11) is 3.43. The Morgan fingerprint density at radius 3 is 2.50 bits per heavy atom. The highest BCUT2D eigenvalue weighted by Gasteiger charge is 2.03. The van der Waals surface area contributed by atoms with Crippen molar-refractivity contribution in [2.24, 2.45) is 4.99 Å². The van der Waals surface area contributed by atoms with Crippen LogP contribution in [0.4, 0.5) is 0 Å². The van der Waals surface area contributed by atoms with E-state index in [9.17, 15) is 4.79 Å². The first-order valence-corrected chi connectivity index (χ1v) is 7.03. The molecule has 7 heteroatoms. The van der Waals surface area contributed by atoms with Crippen molar-refractivity contribution in [3.63, 3.8) is 0 Å². The van der Waals surface area contributed by atoms with E-state index in [1.807, 2.05) is 37.3 Å². The van der Waals surface area contributed by atoms with Crippen molar-refractivity contribution >= 4 is 35.8 Å². The smallest absolute Gasteiger partial charge is 0.243 e. The third-order valence-electron chi connectivity index (χ3n) is 2.62. The minimum Gasteiger partial charge on any atom is -0.492 e. The van der Waals surface area contributed by atoms with Gasteiger partial charge >= 0.3 is 0 Å². The van der Waals surface area contributed by atoms with E-state index in [-0.39, 0.29) is 36.4 Å². The second-order valence-electron chi connectivity index (χ2n) is 4.57. The molecule has 0 aliphatic rings. The molecule has 1 aromatic rings. The molecule has 0 aliphatic heterocycles. The van der Waals surface area contributed by atoms with Crippen LogP contribution in [0.3, 0.4) is 0 Å². The molecule has 1 amide bonds. The topological polar surface area (TPSA) is 66.0 Å². The summed E-state index contributed by atoms with van der Waals surface area (Å²) in [6.45, 7) is 3.97. The minimum absolute atomic E-state index is 0. The Hall–Kier alpha value is -1.51. The standard InChI is InChI=1S/C15H24N4O2.HI/c1-4-16-15(18-12-14(20)19(2)3)17-10-11-21-13-8-6-5-7-9-13;/h5-9H,4,10-12H2,1-3H3,(H2,16,17,18);1H. The normalized spacial score (nSPS) is 10.4. The maximum Gasteiger partial charge on any atom is 0.243 e. The molecule has 6 nitrogen and oxygen atoms in total. The quantitative estimate of drug-likeness (QED) is 0.302. The summed E-state index contributed by atoms with van der Waals surface area (Å²) in [5.74, 6) is 1.42. The lowest BCUT2D eigenvalue weighted by atomic mass is 10.3. The molecule has 1 rings (SSSR count). The van der Waals surface area contributed by atoms with Gasteiger partial charge in [-0.05, 0) is 19.1 Å². The predicted octanol–water partition coefficient (Wildman–Crippen LogP) is 1.33. The molecule has 0 unspecified atom stereocenters. The predicted molar refractivity (Wildman–Crippen MR) is 100 cm³/mol. The van der Waals surface area contributed by atoms with Crippen LogP contribution in [0.1, 0.15) is 6.92 Å². The van der Waals surface area contributed by atoms with Crippen molar-refractivity contribution in [3.05, 3.63) is 30.3 Å². The Balaban J connectivity index is 0.00000441. The first-order chi connectivity index (χ1) is 10.1. The van der Waals surface area contributed by atoms with Crippen LogP contribution < -0.4 is 15.4 Å². The monoisotopic (exact) mass is 420 g/mol. The van der Waals surface area contributed by atoms with Crippen LogP contribution in [-0.2, 0) is 4.79 Å². The molecular weight excluding hydrogens is 395 g/mol. The van der Waals surface area contributed by atoms with Gasteiger partial charge in [-0.2, -0.15) is 0 Å². The second kappa shape index (κ2) is 12.1. The molecule has 2 N–H and O–H groups in total. The average molecular weight is 420 g/mol. The van der Waals surface area contributed by atoms with E-state index in [0.717, 1.165) is 12.3 Å². The van der Waals surface area contributed by atoms with Crippen molar-refractivity contribution < 1.29 is 9.53 Å². The Bertz CT molecular complexity index is 452. The van der Waals surface area contributed by atoms with Gasteiger partial charge in [-0.25, -0.2) is 4.99 Å². The fourth-order valence-corrected chi connectivity index (χ4v) is 1.48. The van der Waals surface area contributed by atoms with Crippen molar-refractivity contribution in [1.82, 2.24) is 15.5 Å². The van der Waals surface area contributed by atoms with Gasteiger partial charge in [-0.15, -0.1) is 24.0 Å². The first-order valence-electron chi connectivity index (χ1n) is 7.03. The zero-order valence-electron chi connectivity index (χ0n) is 13.3. The molecule has 0 fully saturated rings. The van der Waals surface area contributed by atoms with Gasteiger partial charge in [0.05, 0.1) is 6.54 Å². The molecule has 0 atom stereocenters. The summed E-state index contributed by atoms with van der Waals surface area (Å²) < 4.78 is 5.58. The van der Waals surface area contributed by atoms with Crippen molar-refractivity contribution in [2.75, 3.05) is 40.3 Å². The molecule has 22 heavy (non-hydrogen) atoms. The van der Waals surface area contributed by atoms with Crippen molar-refractivity contribution in [1.29, 1.82) is 0 Å². The lowest BCUT2D eigenvalue weighted by Crippen LogP contribution is -2.40. The van der Waals surface area contributed by atoms with Gasteiger partial charge in [0.25, 0.3) is 0 Å². The van der Waals surface area contributed by atoms with Crippen molar-refractivity contribution in [2.45, 2.75) is 6.92 Å². The molecule has 0 spiro atoms. The van der Waals surface area contributed by atoms with E-state index in [1.165, 1.54) is 4.90 Å².